The van der Waals surface area contributed by atoms with Gasteiger partial charge in [0.15, 0.2) is 5.75 Å². The van der Waals surface area contributed by atoms with E-state index in [0.29, 0.717) is 17.2 Å². The van der Waals surface area contributed by atoms with Crippen LogP contribution in [0.25, 0.3) is 0 Å². The van der Waals surface area contributed by atoms with Crippen molar-refractivity contribution >= 4 is 5.69 Å². The summed E-state index contributed by atoms with van der Waals surface area (Å²) in [4.78, 5) is 0. The Hall–Kier alpha value is -2.04. The average Bonchev–Trinajstić information content (AvgIpc) is 2.60. The molecule has 0 fully saturated rings. The Morgan fingerprint density at radius 3 is 2.69 bits per heavy atom. The van der Waals surface area contributed by atoms with Crippen LogP contribution in [0, 0.1) is 19.7 Å². The number of ether oxygens (including phenoxy) is 1. The van der Waals surface area contributed by atoms with E-state index in [-0.39, 0.29) is 11.5 Å². The van der Waals surface area contributed by atoms with Gasteiger partial charge in [0.05, 0.1) is 5.69 Å². The van der Waals surface area contributed by atoms with Gasteiger partial charge in [-0.05, 0) is 25.5 Å². The highest BCUT2D eigenvalue weighted by Gasteiger charge is 2.08. The van der Waals surface area contributed by atoms with Gasteiger partial charge in [-0.15, -0.1) is 5.10 Å². The molecule has 16 heavy (non-hydrogen) atoms. The number of hydrogen-bond acceptors (Lipinski definition) is 3. The molecule has 1 heterocycles. The zero-order valence-corrected chi connectivity index (χ0v) is 9.04. The van der Waals surface area contributed by atoms with Crippen LogP contribution in [0.2, 0.25) is 0 Å². The number of anilines is 1. The number of aromatic nitrogens is 2. The van der Waals surface area contributed by atoms with Gasteiger partial charge in [-0.1, -0.05) is 0 Å². The smallest absolute Gasteiger partial charge is 0.238 e. The first kappa shape index (κ1) is 10.5. The minimum Gasteiger partial charge on any atom is -0.435 e. The summed E-state index contributed by atoms with van der Waals surface area (Å²) in [5.74, 6) is 0.476. The summed E-state index contributed by atoms with van der Waals surface area (Å²) < 4.78 is 18.6. The maximum absolute atomic E-state index is 13.1. The lowest BCUT2D eigenvalue weighted by Crippen LogP contribution is -1.95. The monoisotopic (exact) mass is 221 g/mol. The molecule has 3 N–H and O–H groups in total. The van der Waals surface area contributed by atoms with E-state index in [4.69, 9.17) is 10.5 Å². The number of nitrogen functional groups attached to an aromatic ring is 1. The van der Waals surface area contributed by atoms with Gasteiger partial charge in [-0.25, -0.2) is 4.39 Å². The average molecular weight is 221 g/mol. The molecule has 0 saturated carbocycles. The summed E-state index contributed by atoms with van der Waals surface area (Å²) in [5.41, 5.74) is 7.26. The molecule has 0 amide bonds. The summed E-state index contributed by atoms with van der Waals surface area (Å²) >= 11 is 0. The Balaban J connectivity index is 2.31. The molecule has 2 rings (SSSR count). The van der Waals surface area contributed by atoms with E-state index in [9.17, 15) is 4.39 Å². The van der Waals surface area contributed by atoms with Crippen LogP contribution in [-0.2, 0) is 0 Å². The zero-order chi connectivity index (χ0) is 11.7. The summed E-state index contributed by atoms with van der Waals surface area (Å²) in [6.07, 6.45) is 0. The Morgan fingerprint density at radius 2 is 2.06 bits per heavy atom. The van der Waals surface area contributed by atoms with Crippen LogP contribution in [0.3, 0.4) is 0 Å². The first-order chi connectivity index (χ1) is 7.56. The second-order valence-corrected chi connectivity index (χ2v) is 3.63. The molecule has 84 valence electrons. The van der Waals surface area contributed by atoms with Gasteiger partial charge in [0.25, 0.3) is 0 Å². The number of hydrogen-bond donors (Lipinski definition) is 2. The van der Waals surface area contributed by atoms with Gasteiger partial charge in [0.1, 0.15) is 5.82 Å². The lowest BCUT2D eigenvalue weighted by molar-refractivity contribution is 0.461. The summed E-state index contributed by atoms with van der Waals surface area (Å²) in [6.45, 7) is 3.51. The van der Waals surface area contributed by atoms with E-state index >= 15 is 0 Å². The number of rotatable bonds is 2. The topological polar surface area (TPSA) is 63.9 Å². The molecule has 0 atom stereocenters. The van der Waals surface area contributed by atoms with Crippen LogP contribution in [0.4, 0.5) is 10.1 Å². The van der Waals surface area contributed by atoms with Crippen molar-refractivity contribution in [3.05, 3.63) is 35.3 Å². The molecule has 5 heteroatoms. The highest BCUT2D eigenvalue weighted by atomic mass is 19.1. The molecule has 0 bridgehead atoms. The van der Waals surface area contributed by atoms with Crippen LogP contribution < -0.4 is 10.5 Å². The third-order valence-corrected chi connectivity index (χ3v) is 2.19. The van der Waals surface area contributed by atoms with Gasteiger partial charge in [0, 0.05) is 17.8 Å². The molecule has 4 nitrogen and oxygen atoms in total. The van der Waals surface area contributed by atoms with Gasteiger partial charge < -0.3 is 10.5 Å². The minimum absolute atomic E-state index is 0.253. The van der Waals surface area contributed by atoms with Crippen molar-refractivity contribution in [1.29, 1.82) is 0 Å². The van der Waals surface area contributed by atoms with Crippen molar-refractivity contribution in [2.75, 3.05) is 5.73 Å². The van der Waals surface area contributed by atoms with Gasteiger partial charge in [-0.2, -0.15) is 0 Å². The van der Waals surface area contributed by atoms with Crippen molar-refractivity contribution in [2.45, 2.75) is 13.8 Å². The van der Waals surface area contributed by atoms with Crippen LogP contribution in [-0.4, -0.2) is 10.2 Å². The molecule has 1 aromatic heterocycles. The Kier molecular flexibility index (Phi) is 2.52. The number of aryl methyl sites for hydroxylation is 2. The van der Waals surface area contributed by atoms with Gasteiger partial charge in [-0.3, -0.25) is 5.10 Å². The van der Waals surface area contributed by atoms with Crippen LogP contribution in [0.15, 0.2) is 18.2 Å². The molecular formula is C11H12FN3O. The molecule has 2 aromatic rings. The molecule has 0 radical (unpaired) electrons. The second-order valence-electron chi connectivity index (χ2n) is 3.63. The first-order valence-electron chi connectivity index (χ1n) is 4.82. The van der Waals surface area contributed by atoms with Gasteiger partial charge in [0.2, 0.25) is 5.88 Å². The number of aromatic amines is 1. The van der Waals surface area contributed by atoms with Crippen molar-refractivity contribution in [3.63, 3.8) is 0 Å². The van der Waals surface area contributed by atoms with E-state index in [1.54, 1.807) is 19.1 Å². The molecule has 0 aliphatic rings. The van der Waals surface area contributed by atoms with Crippen molar-refractivity contribution in [2.24, 2.45) is 0 Å². The van der Waals surface area contributed by atoms with E-state index in [1.807, 2.05) is 6.92 Å². The summed E-state index contributed by atoms with van der Waals surface area (Å²) in [7, 11) is 0. The molecule has 0 aliphatic carbocycles. The predicted molar refractivity (Wildman–Crippen MR) is 58.9 cm³/mol. The highest BCUT2D eigenvalue weighted by molar-refractivity contribution is 5.55. The largest absolute Gasteiger partial charge is 0.435 e. The lowest BCUT2D eigenvalue weighted by Gasteiger charge is -2.07. The normalized spacial score (nSPS) is 10.4. The van der Waals surface area contributed by atoms with Crippen LogP contribution in [0.5, 0.6) is 11.6 Å². The fourth-order valence-electron chi connectivity index (χ4n) is 1.32. The number of benzene rings is 1. The fraction of sp³-hybridized carbons (Fsp3) is 0.182. The number of H-pyrrole nitrogens is 1. The highest BCUT2D eigenvalue weighted by Crippen LogP contribution is 2.28. The zero-order valence-electron chi connectivity index (χ0n) is 9.04. The SMILES string of the molecule is Cc1cc(Oc2cc(C)c(F)cc2N)n[nH]1. The fourth-order valence-corrected chi connectivity index (χ4v) is 1.32. The van der Waals surface area contributed by atoms with Crippen LogP contribution in [0.1, 0.15) is 11.3 Å². The number of nitrogens with two attached hydrogens (primary N) is 1. The van der Waals surface area contributed by atoms with Gasteiger partial charge >= 0.3 is 0 Å². The van der Waals surface area contributed by atoms with Crippen molar-refractivity contribution in [3.8, 4) is 11.6 Å². The third-order valence-electron chi connectivity index (χ3n) is 2.19. The molecule has 1 aromatic carbocycles. The maximum atomic E-state index is 13.1. The summed E-state index contributed by atoms with van der Waals surface area (Å²) in [6, 6.07) is 4.52. The van der Waals surface area contributed by atoms with E-state index < -0.39 is 0 Å². The molecule has 0 unspecified atom stereocenters. The lowest BCUT2D eigenvalue weighted by atomic mass is 10.2. The predicted octanol–water partition coefficient (Wildman–Crippen LogP) is 2.54. The molecule has 0 aliphatic heterocycles. The molecule has 0 saturated heterocycles. The Morgan fingerprint density at radius 1 is 1.31 bits per heavy atom. The van der Waals surface area contributed by atoms with Crippen molar-refractivity contribution < 1.29 is 9.13 Å². The first-order valence-corrected chi connectivity index (χ1v) is 4.82. The van der Waals surface area contributed by atoms with Crippen molar-refractivity contribution in [1.82, 2.24) is 10.2 Å². The summed E-state index contributed by atoms with van der Waals surface area (Å²) in [5, 5.41) is 6.65. The van der Waals surface area contributed by atoms with E-state index in [1.165, 1.54) is 6.07 Å². The Bertz CT molecular complexity index is 522. The number of nitrogens with zero attached hydrogens (tertiary/aromatic N) is 1. The molecular weight excluding hydrogens is 209 g/mol. The number of halogens is 1. The standard InChI is InChI=1S/C11H12FN3O/c1-6-3-10(9(13)5-8(6)12)16-11-4-7(2)14-15-11/h3-5H,13H2,1-2H3,(H,14,15). The molecule has 0 spiro atoms. The second kappa shape index (κ2) is 3.84. The number of nitrogens with one attached hydrogen (secondary N) is 1. The quantitative estimate of drug-likeness (QED) is 0.766. The van der Waals surface area contributed by atoms with E-state index in [0.717, 1.165) is 5.69 Å². The minimum atomic E-state index is -0.344. The maximum Gasteiger partial charge on any atom is 0.238 e. The van der Waals surface area contributed by atoms with Crippen LogP contribution >= 0.6 is 0 Å². The van der Waals surface area contributed by atoms with E-state index in [2.05, 4.69) is 10.2 Å². The third kappa shape index (κ3) is 1.98. The Labute approximate surface area is 92.2 Å².